The van der Waals surface area contributed by atoms with Crippen LogP contribution in [0.25, 0.3) is 16.7 Å². The van der Waals surface area contributed by atoms with E-state index in [0.29, 0.717) is 40.5 Å². The van der Waals surface area contributed by atoms with E-state index in [1.54, 1.807) is 0 Å². The van der Waals surface area contributed by atoms with Gasteiger partial charge < -0.3 is 0 Å². The maximum atomic E-state index is 13.3. The number of aryl methyl sites for hydroxylation is 1. The Balaban J connectivity index is 1.64. The van der Waals surface area contributed by atoms with E-state index in [1.165, 1.54) is 38.5 Å². The average Bonchev–Trinajstić information content (AvgIpc) is 3.32. The average molecular weight is 426 g/mol. The van der Waals surface area contributed by atoms with Gasteiger partial charge in [-0.2, -0.15) is 0 Å². The number of aromatic nitrogens is 4. The number of benzene rings is 1. The zero-order valence-corrected chi connectivity index (χ0v) is 18.8. The first-order valence-corrected chi connectivity index (χ1v) is 11.8. The van der Waals surface area contributed by atoms with Crippen molar-refractivity contribution in [2.24, 2.45) is 5.92 Å². The molecule has 160 valence electrons. The first-order valence-electron chi connectivity index (χ1n) is 11.4. The molecule has 0 atom stereocenters. The van der Waals surface area contributed by atoms with Gasteiger partial charge >= 0.3 is 0 Å². The number of nitrogens with zero attached hydrogens (tertiary/aromatic N) is 5. The Bertz CT molecular complexity index is 1180. The quantitative estimate of drug-likeness (QED) is 0.520. The number of hydrogen-bond acceptors (Lipinski definition) is 4. The van der Waals surface area contributed by atoms with E-state index in [-0.39, 0.29) is 5.56 Å². The number of rotatable bonds is 7. The molecule has 2 aromatic heterocycles. The van der Waals surface area contributed by atoms with Crippen LogP contribution in [0.1, 0.15) is 58.8 Å². The second-order valence-electron chi connectivity index (χ2n) is 9.40. The molecule has 1 aromatic carbocycles. The molecule has 7 heteroatoms. The van der Waals surface area contributed by atoms with Crippen molar-refractivity contribution in [1.82, 2.24) is 23.6 Å². The molecule has 3 aromatic rings. The molecule has 2 aliphatic carbocycles. The lowest BCUT2D eigenvalue weighted by molar-refractivity contribution is 0.134. The molecule has 0 radical (unpaired) electrons. The van der Waals surface area contributed by atoms with Gasteiger partial charge in [-0.25, -0.2) is 4.68 Å². The molecular weight excluding hydrogens is 394 g/mol. The highest BCUT2D eigenvalue weighted by molar-refractivity contribution is 7.71. The summed E-state index contributed by atoms with van der Waals surface area (Å²) >= 11 is 5.91. The molecule has 2 fully saturated rings. The van der Waals surface area contributed by atoms with Gasteiger partial charge in [0.1, 0.15) is 0 Å². The lowest BCUT2D eigenvalue weighted by Gasteiger charge is -2.28. The number of para-hydroxylation sites is 1. The second-order valence-corrected chi connectivity index (χ2v) is 9.76. The van der Waals surface area contributed by atoms with Gasteiger partial charge in [0.2, 0.25) is 10.5 Å². The zero-order chi connectivity index (χ0) is 20.8. The Kier molecular flexibility index (Phi) is 5.27. The van der Waals surface area contributed by atoms with Crippen LogP contribution < -0.4 is 5.56 Å². The molecule has 2 heterocycles. The zero-order valence-electron chi connectivity index (χ0n) is 18.0. The summed E-state index contributed by atoms with van der Waals surface area (Å²) in [6.45, 7) is 5.75. The highest BCUT2D eigenvalue weighted by Crippen LogP contribution is 2.34. The van der Waals surface area contributed by atoms with Gasteiger partial charge in [0, 0.05) is 18.6 Å². The fourth-order valence-electron chi connectivity index (χ4n) is 4.87. The molecule has 0 saturated heterocycles. The Morgan fingerprint density at radius 2 is 1.83 bits per heavy atom. The molecule has 0 bridgehead atoms. The SMILES string of the molecule is CC(C)CCn1c(=O)c2ccccc2n2c(=S)n(CN(C3CCCC3)C3CC3)nc12. The highest BCUT2D eigenvalue weighted by Gasteiger charge is 2.35. The summed E-state index contributed by atoms with van der Waals surface area (Å²) < 4.78 is 6.47. The maximum absolute atomic E-state index is 13.3. The first kappa shape index (κ1) is 19.9. The topological polar surface area (TPSA) is 47.5 Å². The monoisotopic (exact) mass is 425 g/mol. The second kappa shape index (κ2) is 7.93. The molecule has 2 aliphatic rings. The minimum Gasteiger partial charge on any atom is -0.278 e. The van der Waals surface area contributed by atoms with Crippen LogP contribution in [0, 0.1) is 10.7 Å². The van der Waals surface area contributed by atoms with Crippen molar-refractivity contribution in [1.29, 1.82) is 0 Å². The fourth-order valence-corrected chi connectivity index (χ4v) is 5.15. The predicted octanol–water partition coefficient (Wildman–Crippen LogP) is 4.59. The summed E-state index contributed by atoms with van der Waals surface area (Å²) in [7, 11) is 0. The van der Waals surface area contributed by atoms with E-state index in [2.05, 4.69) is 18.7 Å². The van der Waals surface area contributed by atoms with Crippen LogP contribution in [-0.4, -0.2) is 35.7 Å². The Labute approximate surface area is 182 Å². The third kappa shape index (κ3) is 3.52. The van der Waals surface area contributed by atoms with Crippen molar-refractivity contribution in [3.63, 3.8) is 0 Å². The Morgan fingerprint density at radius 1 is 1.13 bits per heavy atom. The van der Waals surface area contributed by atoms with Crippen LogP contribution >= 0.6 is 12.2 Å². The maximum Gasteiger partial charge on any atom is 0.262 e. The first-order chi connectivity index (χ1) is 14.5. The van der Waals surface area contributed by atoms with E-state index in [9.17, 15) is 4.79 Å². The lowest BCUT2D eigenvalue weighted by atomic mass is 10.1. The summed E-state index contributed by atoms with van der Waals surface area (Å²) in [5.41, 5.74) is 0.883. The largest absolute Gasteiger partial charge is 0.278 e. The standard InChI is InChI=1S/C23H31N5OS/c1-16(2)13-14-25-21(29)19-9-5-6-10-20(19)28-22(25)24-27(23(28)30)15-26(18-11-12-18)17-7-3-4-8-17/h5-6,9-10,16-18H,3-4,7-8,11-15H2,1-2H3. The molecule has 0 aliphatic heterocycles. The third-order valence-corrected chi connectivity index (χ3v) is 7.11. The van der Waals surface area contributed by atoms with Gasteiger partial charge in [0.05, 0.1) is 17.6 Å². The van der Waals surface area contributed by atoms with Crippen molar-refractivity contribution < 1.29 is 0 Å². The summed E-state index contributed by atoms with van der Waals surface area (Å²) in [5, 5.41) is 5.63. The Morgan fingerprint density at radius 3 is 2.53 bits per heavy atom. The van der Waals surface area contributed by atoms with Crippen LogP contribution in [0.4, 0.5) is 0 Å². The summed E-state index contributed by atoms with van der Waals surface area (Å²) in [6.07, 6.45) is 8.69. The summed E-state index contributed by atoms with van der Waals surface area (Å²) in [4.78, 5) is 15.9. The van der Waals surface area contributed by atoms with E-state index in [4.69, 9.17) is 17.3 Å². The molecule has 2 saturated carbocycles. The van der Waals surface area contributed by atoms with E-state index < -0.39 is 0 Å². The molecular formula is C23H31N5OS. The van der Waals surface area contributed by atoms with Gasteiger partial charge in [-0.1, -0.05) is 38.8 Å². The molecule has 0 amide bonds. The molecule has 5 rings (SSSR count). The van der Waals surface area contributed by atoms with Crippen molar-refractivity contribution in [2.45, 2.75) is 84.1 Å². The van der Waals surface area contributed by atoms with Gasteiger partial charge in [0.15, 0.2) is 0 Å². The summed E-state index contributed by atoms with van der Waals surface area (Å²) in [5.74, 6) is 1.19. The van der Waals surface area contributed by atoms with Crippen LogP contribution in [0.3, 0.4) is 0 Å². The van der Waals surface area contributed by atoms with Crippen molar-refractivity contribution in [2.75, 3.05) is 0 Å². The minimum atomic E-state index is 0.0285. The van der Waals surface area contributed by atoms with Crippen LogP contribution in [-0.2, 0) is 13.2 Å². The van der Waals surface area contributed by atoms with Gasteiger partial charge in [-0.05, 0) is 62.4 Å². The van der Waals surface area contributed by atoms with Crippen LogP contribution in [0.5, 0.6) is 0 Å². The van der Waals surface area contributed by atoms with Crippen LogP contribution in [0.2, 0.25) is 0 Å². The number of fused-ring (bicyclic) bond motifs is 3. The Hall–Kier alpha value is -1.99. The predicted molar refractivity (Wildman–Crippen MR) is 122 cm³/mol. The number of hydrogen-bond donors (Lipinski definition) is 0. The highest BCUT2D eigenvalue weighted by atomic mass is 32.1. The normalized spacial score (nSPS) is 17.9. The van der Waals surface area contributed by atoms with Gasteiger partial charge in [0.25, 0.3) is 5.56 Å². The van der Waals surface area contributed by atoms with E-state index in [0.717, 1.165) is 18.6 Å². The molecule has 0 unspecified atom stereocenters. The smallest absolute Gasteiger partial charge is 0.262 e. The minimum absolute atomic E-state index is 0.0285. The van der Waals surface area contributed by atoms with Gasteiger partial charge in [-0.15, -0.1) is 5.10 Å². The van der Waals surface area contributed by atoms with E-state index in [1.807, 2.05) is 37.9 Å². The van der Waals surface area contributed by atoms with Crippen LogP contribution in [0.15, 0.2) is 29.1 Å². The molecule has 0 spiro atoms. The third-order valence-electron chi connectivity index (χ3n) is 6.72. The van der Waals surface area contributed by atoms with Gasteiger partial charge in [-0.3, -0.25) is 18.7 Å². The molecule has 30 heavy (non-hydrogen) atoms. The van der Waals surface area contributed by atoms with Crippen molar-refractivity contribution >= 4 is 28.9 Å². The van der Waals surface area contributed by atoms with Crippen molar-refractivity contribution in [3.8, 4) is 0 Å². The summed E-state index contributed by atoms with van der Waals surface area (Å²) in [6, 6.07) is 9.08. The van der Waals surface area contributed by atoms with Crippen molar-refractivity contribution in [3.05, 3.63) is 39.4 Å². The van der Waals surface area contributed by atoms with E-state index >= 15 is 0 Å². The molecule has 0 N–H and O–H groups in total. The molecule has 6 nitrogen and oxygen atoms in total. The fraction of sp³-hybridized carbons (Fsp3) is 0.609. The lowest BCUT2D eigenvalue weighted by Crippen LogP contribution is -2.37.